The number of nitrogens with one attached hydrogen (secondary N) is 1. The van der Waals surface area contributed by atoms with Gasteiger partial charge >= 0.3 is 0 Å². The maximum Gasteiger partial charge on any atom is 0.240 e. The molecule has 0 radical (unpaired) electrons. The molecular formula is C6H4FN3. The summed E-state index contributed by atoms with van der Waals surface area (Å²) in [6, 6.07) is 1.67. The van der Waals surface area contributed by atoms with Crippen molar-refractivity contribution >= 4 is 11.0 Å². The van der Waals surface area contributed by atoms with Crippen molar-refractivity contribution in [2.75, 3.05) is 0 Å². The third-order valence-electron chi connectivity index (χ3n) is 1.29. The van der Waals surface area contributed by atoms with E-state index >= 15 is 0 Å². The lowest BCUT2D eigenvalue weighted by atomic mass is 10.4. The molecule has 0 aliphatic carbocycles. The van der Waals surface area contributed by atoms with Crippen LogP contribution in [0.3, 0.4) is 0 Å². The van der Waals surface area contributed by atoms with Crippen LogP contribution in [0.1, 0.15) is 0 Å². The molecule has 0 fully saturated rings. The van der Waals surface area contributed by atoms with E-state index in [4.69, 9.17) is 0 Å². The van der Waals surface area contributed by atoms with E-state index in [2.05, 4.69) is 15.0 Å². The van der Waals surface area contributed by atoms with Gasteiger partial charge in [0.05, 0.1) is 11.8 Å². The van der Waals surface area contributed by atoms with Crippen molar-refractivity contribution in [3.05, 3.63) is 24.5 Å². The summed E-state index contributed by atoms with van der Waals surface area (Å²) in [7, 11) is 0. The van der Waals surface area contributed by atoms with Crippen molar-refractivity contribution in [1.82, 2.24) is 15.0 Å². The number of pyridine rings is 1. The second-order valence-electron chi connectivity index (χ2n) is 1.90. The van der Waals surface area contributed by atoms with Crippen LogP contribution in [0, 0.1) is 5.95 Å². The zero-order valence-electron chi connectivity index (χ0n) is 5.00. The minimum atomic E-state index is -0.529. The molecule has 0 aliphatic rings. The molecule has 10 heavy (non-hydrogen) atoms. The first kappa shape index (κ1) is 5.34. The second-order valence-corrected chi connectivity index (χ2v) is 1.90. The number of aromatic nitrogens is 3. The van der Waals surface area contributed by atoms with E-state index in [1.165, 1.54) is 12.5 Å². The Morgan fingerprint density at radius 1 is 1.40 bits per heavy atom. The molecule has 2 heterocycles. The first-order valence-corrected chi connectivity index (χ1v) is 2.81. The summed E-state index contributed by atoms with van der Waals surface area (Å²) < 4.78 is 12.6. The van der Waals surface area contributed by atoms with Crippen LogP contribution in [0.5, 0.6) is 0 Å². The molecule has 2 rings (SSSR count). The summed E-state index contributed by atoms with van der Waals surface area (Å²) >= 11 is 0. The lowest BCUT2D eigenvalue weighted by Gasteiger charge is -1.85. The standard InChI is InChI=1S/C6H4FN3/c7-6-5-4(1-2-8-6)9-3-10-5/h1-3H,(H,9,10). The third-order valence-corrected chi connectivity index (χ3v) is 1.29. The van der Waals surface area contributed by atoms with Crippen molar-refractivity contribution in [3.63, 3.8) is 0 Å². The number of nitrogens with zero attached hydrogens (tertiary/aromatic N) is 2. The summed E-state index contributed by atoms with van der Waals surface area (Å²) in [5.74, 6) is -0.529. The molecule has 4 heteroatoms. The Morgan fingerprint density at radius 2 is 2.30 bits per heavy atom. The summed E-state index contributed by atoms with van der Waals surface area (Å²) in [5.41, 5.74) is 0.968. The smallest absolute Gasteiger partial charge is 0.240 e. The first-order valence-electron chi connectivity index (χ1n) is 2.81. The minimum absolute atomic E-state index is 0.294. The average Bonchev–Trinajstić information content (AvgIpc) is 2.36. The molecule has 0 saturated carbocycles. The number of H-pyrrole nitrogens is 1. The Bertz CT molecular complexity index is 355. The van der Waals surface area contributed by atoms with Crippen molar-refractivity contribution in [3.8, 4) is 0 Å². The molecule has 0 amide bonds. The summed E-state index contributed by atoms with van der Waals surface area (Å²) in [6.07, 6.45) is 2.84. The fourth-order valence-corrected chi connectivity index (χ4v) is 0.834. The quantitative estimate of drug-likeness (QED) is 0.552. The second kappa shape index (κ2) is 1.76. The van der Waals surface area contributed by atoms with Gasteiger partial charge in [-0.25, -0.2) is 9.97 Å². The molecule has 3 nitrogen and oxygen atoms in total. The fourth-order valence-electron chi connectivity index (χ4n) is 0.834. The monoisotopic (exact) mass is 137 g/mol. The highest BCUT2D eigenvalue weighted by Gasteiger charge is 2.00. The highest BCUT2D eigenvalue weighted by molar-refractivity contribution is 5.73. The zero-order valence-corrected chi connectivity index (χ0v) is 5.00. The average molecular weight is 137 g/mol. The van der Waals surface area contributed by atoms with Gasteiger partial charge in [0.25, 0.3) is 0 Å². The lowest BCUT2D eigenvalue weighted by Crippen LogP contribution is -1.81. The van der Waals surface area contributed by atoms with Gasteiger partial charge < -0.3 is 4.98 Å². The Hall–Kier alpha value is -1.45. The number of aromatic amines is 1. The summed E-state index contributed by atoms with van der Waals surface area (Å²) in [4.78, 5) is 9.92. The van der Waals surface area contributed by atoms with Crippen molar-refractivity contribution in [1.29, 1.82) is 0 Å². The SMILES string of the molecule is Fc1nccc2[nH]cnc12. The Labute approximate surface area is 55.9 Å². The summed E-state index contributed by atoms with van der Waals surface area (Å²) in [5, 5.41) is 0. The number of imidazole rings is 1. The normalized spacial score (nSPS) is 10.5. The van der Waals surface area contributed by atoms with Gasteiger partial charge in [0, 0.05) is 6.20 Å². The van der Waals surface area contributed by atoms with Crippen LogP contribution in [0.2, 0.25) is 0 Å². The molecule has 0 atom stereocenters. The molecule has 0 aliphatic heterocycles. The van der Waals surface area contributed by atoms with Gasteiger partial charge in [-0.3, -0.25) is 0 Å². The number of hydrogen-bond acceptors (Lipinski definition) is 2. The van der Waals surface area contributed by atoms with Crippen molar-refractivity contribution in [2.24, 2.45) is 0 Å². The molecule has 2 aromatic rings. The first-order chi connectivity index (χ1) is 4.88. The van der Waals surface area contributed by atoms with Gasteiger partial charge in [0.1, 0.15) is 5.52 Å². The van der Waals surface area contributed by atoms with E-state index in [0.29, 0.717) is 11.0 Å². The zero-order chi connectivity index (χ0) is 6.97. The van der Waals surface area contributed by atoms with Crippen molar-refractivity contribution < 1.29 is 4.39 Å². The van der Waals surface area contributed by atoms with Crippen LogP contribution in [-0.2, 0) is 0 Å². The van der Waals surface area contributed by atoms with Gasteiger partial charge in [0.15, 0.2) is 0 Å². The molecule has 0 bridgehead atoms. The van der Waals surface area contributed by atoms with Gasteiger partial charge in [-0.15, -0.1) is 0 Å². The van der Waals surface area contributed by atoms with Crippen LogP contribution in [0.4, 0.5) is 4.39 Å². The summed E-state index contributed by atoms with van der Waals surface area (Å²) in [6.45, 7) is 0. The minimum Gasteiger partial charge on any atom is -0.344 e. The lowest BCUT2D eigenvalue weighted by molar-refractivity contribution is 0.594. The molecule has 0 aromatic carbocycles. The van der Waals surface area contributed by atoms with Crippen LogP contribution < -0.4 is 0 Å². The van der Waals surface area contributed by atoms with Crippen LogP contribution in [0.15, 0.2) is 18.6 Å². The van der Waals surface area contributed by atoms with Crippen LogP contribution >= 0.6 is 0 Å². The molecule has 0 spiro atoms. The van der Waals surface area contributed by atoms with E-state index in [1.54, 1.807) is 6.07 Å². The highest BCUT2D eigenvalue weighted by Crippen LogP contribution is 2.08. The van der Waals surface area contributed by atoms with Gasteiger partial charge in [-0.2, -0.15) is 4.39 Å². The molecule has 50 valence electrons. The molecule has 1 N–H and O–H groups in total. The maximum absolute atomic E-state index is 12.6. The Balaban J connectivity index is 2.95. The van der Waals surface area contributed by atoms with Gasteiger partial charge in [-0.1, -0.05) is 0 Å². The molecule has 0 saturated heterocycles. The van der Waals surface area contributed by atoms with Crippen LogP contribution in [0.25, 0.3) is 11.0 Å². The van der Waals surface area contributed by atoms with E-state index in [9.17, 15) is 4.39 Å². The number of hydrogen-bond donors (Lipinski definition) is 1. The number of fused-ring (bicyclic) bond motifs is 1. The topological polar surface area (TPSA) is 41.6 Å². The highest BCUT2D eigenvalue weighted by atomic mass is 19.1. The maximum atomic E-state index is 12.6. The molecule has 0 unspecified atom stereocenters. The van der Waals surface area contributed by atoms with E-state index < -0.39 is 5.95 Å². The largest absolute Gasteiger partial charge is 0.344 e. The third kappa shape index (κ3) is 0.586. The fraction of sp³-hybridized carbons (Fsp3) is 0. The Kier molecular flexibility index (Phi) is 0.943. The van der Waals surface area contributed by atoms with Crippen LogP contribution in [-0.4, -0.2) is 15.0 Å². The number of halogens is 1. The molecule has 2 aromatic heterocycles. The van der Waals surface area contributed by atoms with Crippen molar-refractivity contribution in [2.45, 2.75) is 0 Å². The van der Waals surface area contributed by atoms with E-state index in [1.807, 2.05) is 0 Å². The van der Waals surface area contributed by atoms with E-state index in [0.717, 1.165) is 0 Å². The predicted octanol–water partition coefficient (Wildman–Crippen LogP) is 1.10. The van der Waals surface area contributed by atoms with Gasteiger partial charge in [0.2, 0.25) is 5.95 Å². The Morgan fingerprint density at radius 3 is 3.10 bits per heavy atom. The molecular weight excluding hydrogens is 133 g/mol. The number of rotatable bonds is 0. The van der Waals surface area contributed by atoms with Gasteiger partial charge in [-0.05, 0) is 6.07 Å². The predicted molar refractivity (Wildman–Crippen MR) is 33.8 cm³/mol. The van der Waals surface area contributed by atoms with E-state index in [-0.39, 0.29) is 0 Å².